The Kier molecular flexibility index (Phi) is 11.5. The second-order valence-electron chi connectivity index (χ2n) is 13.0. The quantitative estimate of drug-likeness (QED) is 0.203. The first-order valence-corrected chi connectivity index (χ1v) is 17.9. The number of rotatable bonds is 13. The van der Waals surface area contributed by atoms with Gasteiger partial charge < -0.3 is 29.0 Å². The van der Waals surface area contributed by atoms with Gasteiger partial charge in [0.1, 0.15) is 22.3 Å². The molecule has 1 atom stereocenters. The van der Waals surface area contributed by atoms with Gasteiger partial charge in [0.05, 0.1) is 32.1 Å². The number of amides is 2. The molecule has 2 amide bonds. The SMILES string of the molecule is CCN1CC(C)n2c(c(OC)c3c(=O)n(Cc4ccc(F)cc4C(=O)OC)nc(N(C)S(=O)(=O)CCCCCNC(=O)OC(C)(C)C)c32)C1=O. The van der Waals surface area contributed by atoms with Gasteiger partial charge in [0.15, 0.2) is 17.3 Å². The average Bonchev–Trinajstić information content (AvgIpc) is 3.41. The molecule has 0 spiro atoms. The molecule has 3 aromatic rings. The lowest BCUT2D eigenvalue weighted by molar-refractivity contribution is 0.0525. The molecule has 2 aromatic heterocycles. The molecular weight excluding hydrogens is 675 g/mol. The number of esters is 1. The molecule has 274 valence electrons. The molecule has 0 saturated carbocycles. The van der Waals surface area contributed by atoms with E-state index in [0.717, 1.165) is 28.2 Å². The van der Waals surface area contributed by atoms with Crippen molar-refractivity contribution in [2.24, 2.45) is 0 Å². The predicted octanol–water partition coefficient (Wildman–Crippen LogP) is 3.68. The van der Waals surface area contributed by atoms with Crippen LogP contribution in [0.1, 0.15) is 86.3 Å². The van der Waals surface area contributed by atoms with Crippen LogP contribution in [0.3, 0.4) is 0 Å². The van der Waals surface area contributed by atoms with E-state index in [9.17, 15) is 32.0 Å². The Morgan fingerprint density at radius 2 is 1.84 bits per heavy atom. The third-order valence-electron chi connectivity index (χ3n) is 8.30. The number of likely N-dealkylation sites (N-methyl/N-ethyl adjacent to an activating group) is 1. The number of alkyl carbamates (subject to hydrolysis) is 1. The fourth-order valence-corrected chi connectivity index (χ4v) is 7.12. The van der Waals surface area contributed by atoms with Gasteiger partial charge in [-0.2, -0.15) is 0 Å². The summed E-state index contributed by atoms with van der Waals surface area (Å²) in [5.41, 5.74) is -1.12. The lowest BCUT2D eigenvalue weighted by Crippen LogP contribution is -2.42. The second-order valence-corrected chi connectivity index (χ2v) is 15.1. The van der Waals surface area contributed by atoms with Gasteiger partial charge in [-0.1, -0.05) is 12.5 Å². The van der Waals surface area contributed by atoms with Gasteiger partial charge in [-0.15, -0.1) is 5.10 Å². The van der Waals surface area contributed by atoms with Crippen molar-refractivity contribution >= 4 is 44.7 Å². The zero-order chi connectivity index (χ0) is 37.1. The number of fused-ring (bicyclic) bond motifs is 3. The molecule has 17 heteroatoms. The van der Waals surface area contributed by atoms with Crippen molar-refractivity contribution in [3.8, 4) is 5.75 Å². The number of aromatic nitrogens is 3. The molecule has 0 bridgehead atoms. The number of methoxy groups -OCH3 is 2. The number of nitrogens with one attached hydrogen (secondary N) is 1. The van der Waals surface area contributed by atoms with Crippen LogP contribution < -0.4 is 19.9 Å². The first kappa shape index (κ1) is 38.1. The van der Waals surface area contributed by atoms with Crippen LogP contribution in [0, 0.1) is 5.82 Å². The van der Waals surface area contributed by atoms with Crippen LogP contribution in [0.25, 0.3) is 10.9 Å². The largest absolute Gasteiger partial charge is 0.493 e. The highest BCUT2D eigenvalue weighted by atomic mass is 32.2. The average molecular weight is 721 g/mol. The Balaban J connectivity index is 1.78. The Hall–Kier alpha value is -4.67. The molecule has 0 radical (unpaired) electrons. The summed E-state index contributed by atoms with van der Waals surface area (Å²) in [7, 11) is -0.301. The highest BCUT2D eigenvalue weighted by Crippen LogP contribution is 2.41. The smallest absolute Gasteiger partial charge is 0.407 e. The predicted molar refractivity (Wildman–Crippen MR) is 184 cm³/mol. The van der Waals surface area contributed by atoms with Crippen molar-refractivity contribution in [1.29, 1.82) is 0 Å². The summed E-state index contributed by atoms with van der Waals surface area (Å²) < 4.78 is 61.1. The van der Waals surface area contributed by atoms with E-state index < -0.39 is 45.0 Å². The fraction of sp³-hybridized carbons (Fsp3) is 0.545. The van der Waals surface area contributed by atoms with Gasteiger partial charge in [0.2, 0.25) is 10.0 Å². The van der Waals surface area contributed by atoms with E-state index in [4.69, 9.17) is 14.2 Å². The summed E-state index contributed by atoms with van der Waals surface area (Å²) in [6.45, 7) is 9.55. The molecule has 0 saturated heterocycles. The van der Waals surface area contributed by atoms with Crippen molar-refractivity contribution in [2.45, 2.75) is 72.1 Å². The number of unbranched alkanes of at least 4 members (excludes halogenated alkanes) is 2. The highest BCUT2D eigenvalue weighted by molar-refractivity contribution is 7.92. The minimum Gasteiger partial charge on any atom is -0.493 e. The molecular formula is C33H45FN6O9S. The van der Waals surface area contributed by atoms with E-state index >= 15 is 0 Å². The van der Waals surface area contributed by atoms with Crippen LogP contribution in [0.15, 0.2) is 23.0 Å². The summed E-state index contributed by atoms with van der Waals surface area (Å²) >= 11 is 0. The topological polar surface area (TPSA) is 171 Å². The van der Waals surface area contributed by atoms with E-state index in [2.05, 4.69) is 10.4 Å². The fourth-order valence-electron chi connectivity index (χ4n) is 5.89. The van der Waals surface area contributed by atoms with Crippen LogP contribution in [-0.4, -0.2) is 97.9 Å². The van der Waals surface area contributed by atoms with E-state index in [0.29, 0.717) is 32.5 Å². The molecule has 1 aliphatic rings. The minimum atomic E-state index is -4.07. The molecule has 50 heavy (non-hydrogen) atoms. The first-order valence-electron chi connectivity index (χ1n) is 16.3. The second kappa shape index (κ2) is 15.1. The zero-order valence-electron chi connectivity index (χ0n) is 29.7. The van der Waals surface area contributed by atoms with Crippen LogP contribution in [0.2, 0.25) is 0 Å². The van der Waals surface area contributed by atoms with Gasteiger partial charge in [-0.3, -0.25) is 13.9 Å². The lowest BCUT2D eigenvalue weighted by atomic mass is 10.1. The monoisotopic (exact) mass is 720 g/mol. The van der Waals surface area contributed by atoms with Crippen molar-refractivity contribution < 1.29 is 41.4 Å². The molecule has 0 fully saturated rings. The number of hydrogen-bond donors (Lipinski definition) is 1. The summed E-state index contributed by atoms with van der Waals surface area (Å²) in [6, 6.07) is 3.01. The zero-order valence-corrected chi connectivity index (χ0v) is 30.5. The van der Waals surface area contributed by atoms with Crippen molar-refractivity contribution in [3.63, 3.8) is 0 Å². The van der Waals surface area contributed by atoms with E-state index in [1.54, 1.807) is 30.2 Å². The summed E-state index contributed by atoms with van der Waals surface area (Å²) in [5.74, 6) is -2.40. The van der Waals surface area contributed by atoms with E-state index in [-0.39, 0.29) is 64.1 Å². The van der Waals surface area contributed by atoms with Gasteiger partial charge in [-0.05, 0) is 65.2 Å². The molecule has 1 N–H and O–H groups in total. The third kappa shape index (κ3) is 7.87. The van der Waals surface area contributed by atoms with E-state index in [1.807, 2.05) is 13.8 Å². The normalized spacial score (nSPS) is 14.8. The molecule has 1 aromatic carbocycles. The number of halogens is 1. The Morgan fingerprint density at radius 3 is 2.46 bits per heavy atom. The number of carbonyl (C=O) groups excluding carboxylic acids is 3. The Bertz CT molecular complexity index is 1950. The minimum absolute atomic E-state index is 0.0343. The van der Waals surface area contributed by atoms with Gasteiger partial charge in [0, 0.05) is 32.7 Å². The maximum absolute atomic E-state index is 14.2. The molecule has 15 nitrogen and oxygen atoms in total. The van der Waals surface area contributed by atoms with Crippen molar-refractivity contribution in [1.82, 2.24) is 24.6 Å². The lowest BCUT2D eigenvalue weighted by Gasteiger charge is -2.33. The summed E-state index contributed by atoms with van der Waals surface area (Å²) in [6.07, 6.45) is 0.663. The van der Waals surface area contributed by atoms with Crippen LogP contribution in [0.4, 0.5) is 15.0 Å². The first-order chi connectivity index (χ1) is 23.4. The number of sulfonamides is 1. The van der Waals surface area contributed by atoms with Crippen LogP contribution >= 0.6 is 0 Å². The number of anilines is 1. The van der Waals surface area contributed by atoms with Gasteiger partial charge in [0.25, 0.3) is 11.5 Å². The molecule has 3 heterocycles. The summed E-state index contributed by atoms with van der Waals surface area (Å²) in [5, 5.41) is 7.09. The Labute approximate surface area is 290 Å². The molecule has 1 aliphatic heterocycles. The molecule has 4 rings (SSSR count). The van der Waals surface area contributed by atoms with E-state index in [1.165, 1.54) is 20.2 Å². The third-order valence-corrected chi connectivity index (χ3v) is 10.1. The van der Waals surface area contributed by atoms with Crippen LogP contribution in [-0.2, 0) is 26.0 Å². The summed E-state index contributed by atoms with van der Waals surface area (Å²) in [4.78, 5) is 53.9. The van der Waals surface area contributed by atoms with Crippen molar-refractivity contribution in [2.75, 3.05) is 51.0 Å². The standard InChI is InChI=1S/C33H45FN6O9S/c1-9-38-18-20(2)40-25-24(27(47-7)26(40)30(38)42)29(41)39(19-21-13-14-22(34)17-23(21)31(43)48-8)36-28(25)37(6)50(45,46)16-12-10-11-15-35-32(44)49-33(3,4)5/h13-14,17,20H,9-12,15-16,18-19H2,1-8H3,(H,35,44). The van der Waals surface area contributed by atoms with Crippen molar-refractivity contribution in [3.05, 3.63) is 51.2 Å². The Morgan fingerprint density at radius 1 is 1.14 bits per heavy atom. The number of nitrogens with zero attached hydrogens (tertiary/aromatic N) is 5. The highest BCUT2D eigenvalue weighted by Gasteiger charge is 2.39. The van der Waals surface area contributed by atoms with Gasteiger partial charge in [-0.25, -0.2) is 27.1 Å². The molecule has 0 aliphatic carbocycles. The number of carbonyl (C=O) groups is 3. The number of hydrogen-bond acceptors (Lipinski definition) is 10. The molecule has 1 unspecified atom stereocenters. The number of benzene rings is 1. The number of ether oxygens (including phenoxy) is 3. The van der Waals surface area contributed by atoms with Gasteiger partial charge >= 0.3 is 12.1 Å². The maximum atomic E-state index is 14.2. The van der Waals surface area contributed by atoms with Crippen LogP contribution in [0.5, 0.6) is 5.75 Å². The maximum Gasteiger partial charge on any atom is 0.407 e.